The molecule has 4 aromatic heterocycles. The number of pyridine rings is 1. The van der Waals surface area contributed by atoms with Crippen molar-refractivity contribution in [1.29, 1.82) is 0 Å². The molecule has 0 saturated heterocycles. The van der Waals surface area contributed by atoms with Crippen molar-refractivity contribution in [2.75, 3.05) is 5.32 Å². The van der Waals surface area contributed by atoms with Crippen LogP contribution in [0.1, 0.15) is 31.7 Å². The summed E-state index contributed by atoms with van der Waals surface area (Å²) in [7, 11) is 3.48. The van der Waals surface area contributed by atoms with Gasteiger partial charge in [-0.1, -0.05) is 12.1 Å². The molecule has 1 aromatic carbocycles. The Labute approximate surface area is 217 Å². The third-order valence-corrected chi connectivity index (χ3v) is 6.92. The number of fused-ring (bicyclic) bond motifs is 1. The summed E-state index contributed by atoms with van der Waals surface area (Å²) >= 11 is 0. The van der Waals surface area contributed by atoms with Gasteiger partial charge in [-0.15, -0.1) is 5.10 Å². The van der Waals surface area contributed by atoms with Gasteiger partial charge in [-0.25, -0.2) is 14.1 Å². The maximum Gasteiger partial charge on any atom is 0.266 e. The first-order chi connectivity index (χ1) is 18.4. The van der Waals surface area contributed by atoms with Gasteiger partial charge in [0.2, 0.25) is 5.88 Å². The predicted molar refractivity (Wildman–Crippen MR) is 141 cm³/mol. The molecule has 0 radical (unpaired) electrons. The van der Waals surface area contributed by atoms with Gasteiger partial charge in [-0.05, 0) is 37.8 Å². The molecule has 194 valence electrons. The van der Waals surface area contributed by atoms with Crippen LogP contribution < -0.4 is 15.6 Å². The lowest BCUT2D eigenvalue weighted by Crippen LogP contribution is -2.27. The largest absolute Gasteiger partial charge is 0.473 e. The molecule has 1 fully saturated rings. The minimum Gasteiger partial charge on any atom is -0.473 e. The predicted octanol–water partition coefficient (Wildman–Crippen LogP) is 4.37. The number of hydrogen-bond donors (Lipinski definition) is 1. The van der Waals surface area contributed by atoms with E-state index in [4.69, 9.17) is 9.84 Å². The molecule has 1 aliphatic carbocycles. The molecular weight excluding hydrogens is 487 g/mol. The highest BCUT2D eigenvalue weighted by molar-refractivity contribution is 5.94. The lowest BCUT2D eigenvalue weighted by atomic mass is 9.93. The number of ether oxygens (including phenoxy) is 1. The maximum absolute atomic E-state index is 14.3. The minimum atomic E-state index is -0.342. The number of nitrogens with one attached hydrogen (secondary N) is 1. The van der Waals surface area contributed by atoms with Crippen LogP contribution in [-0.4, -0.2) is 40.4 Å². The summed E-state index contributed by atoms with van der Waals surface area (Å²) in [6.07, 6.45) is 8.89. The van der Waals surface area contributed by atoms with Crippen molar-refractivity contribution in [1.82, 2.24) is 34.3 Å². The third-order valence-electron chi connectivity index (χ3n) is 6.92. The summed E-state index contributed by atoms with van der Waals surface area (Å²) in [6.45, 7) is 0. The van der Waals surface area contributed by atoms with E-state index in [0.717, 1.165) is 47.8 Å². The van der Waals surface area contributed by atoms with Crippen molar-refractivity contribution in [3.05, 3.63) is 77.2 Å². The Morgan fingerprint density at radius 3 is 2.58 bits per heavy atom. The third kappa shape index (κ3) is 4.62. The molecule has 10 nitrogen and oxygen atoms in total. The lowest BCUT2D eigenvalue weighted by molar-refractivity contribution is 0.123. The Morgan fingerprint density at radius 1 is 1.03 bits per heavy atom. The SMILES string of the molecule is Cn1cc(-c2nn([C@H]3CC[C@@H](Oc4ccc(=O)n(C)n4)CC3)c3cc(Nc4ccccc4F)ncc23)cn1. The number of anilines is 2. The first-order valence-corrected chi connectivity index (χ1v) is 12.5. The Kier molecular flexibility index (Phi) is 6.10. The fraction of sp³-hybridized carbons (Fsp3) is 0.296. The monoisotopic (exact) mass is 514 g/mol. The van der Waals surface area contributed by atoms with Crippen LogP contribution in [0.2, 0.25) is 0 Å². The van der Waals surface area contributed by atoms with Crippen molar-refractivity contribution in [2.45, 2.75) is 37.8 Å². The fourth-order valence-electron chi connectivity index (χ4n) is 4.96. The van der Waals surface area contributed by atoms with E-state index < -0.39 is 0 Å². The number of para-hydroxylation sites is 1. The number of benzene rings is 1. The van der Waals surface area contributed by atoms with Crippen LogP contribution in [0.3, 0.4) is 0 Å². The molecule has 0 bridgehead atoms. The fourth-order valence-corrected chi connectivity index (χ4v) is 4.96. The minimum absolute atomic E-state index is 0.0100. The second-order valence-corrected chi connectivity index (χ2v) is 9.57. The van der Waals surface area contributed by atoms with E-state index in [1.807, 2.05) is 19.3 Å². The summed E-state index contributed by atoms with van der Waals surface area (Å²) in [5.74, 6) is 0.651. The molecule has 11 heteroatoms. The highest BCUT2D eigenvalue weighted by Gasteiger charge is 2.27. The summed E-state index contributed by atoms with van der Waals surface area (Å²) in [5.41, 5.74) is 2.83. The topological polar surface area (TPSA) is 105 Å². The Bertz CT molecular complexity index is 1670. The molecular formula is C27H27FN8O2. The molecule has 0 aliphatic heterocycles. The van der Waals surface area contributed by atoms with E-state index in [-0.39, 0.29) is 23.5 Å². The zero-order chi connectivity index (χ0) is 26.2. The van der Waals surface area contributed by atoms with E-state index in [0.29, 0.717) is 17.4 Å². The van der Waals surface area contributed by atoms with Gasteiger partial charge in [-0.2, -0.15) is 10.2 Å². The van der Waals surface area contributed by atoms with Crippen molar-refractivity contribution >= 4 is 22.4 Å². The Morgan fingerprint density at radius 2 is 1.84 bits per heavy atom. The van der Waals surface area contributed by atoms with Gasteiger partial charge in [0.1, 0.15) is 23.4 Å². The van der Waals surface area contributed by atoms with E-state index >= 15 is 0 Å². The van der Waals surface area contributed by atoms with Crippen LogP contribution in [0, 0.1) is 5.82 Å². The van der Waals surface area contributed by atoms with E-state index in [1.165, 1.54) is 16.8 Å². The molecule has 5 aromatic rings. The highest BCUT2D eigenvalue weighted by atomic mass is 19.1. The number of hydrogen-bond acceptors (Lipinski definition) is 7. The van der Waals surface area contributed by atoms with Gasteiger partial charge in [0.05, 0.1) is 23.4 Å². The Hall–Kier alpha value is -4.54. The molecule has 0 unspecified atom stereocenters. The summed E-state index contributed by atoms with van der Waals surface area (Å²) in [5, 5.41) is 17.5. The Balaban J connectivity index is 1.29. The van der Waals surface area contributed by atoms with Gasteiger partial charge in [0.25, 0.3) is 5.56 Å². The smallest absolute Gasteiger partial charge is 0.266 e. The van der Waals surface area contributed by atoms with Gasteiger partial charge < -0.3 is 10.1 Å². The van der Waals surface area contributed by atoms with Crippen molar-refractivity contribution in [2.24, 2.45) is 14.1 Å². The molecule has 38 heavy (non-hydrogen) atoms. The molecule has 1 N–H and O–H groups in total. The summed E-state index contributed by atoms with van der Waals surface area (Å²) in [6, 6.07) is 11.7. The maximum atomic E-state index is 14.3. The number of halogens is 1. The molecule has 4 heterocycles. The average molecular weight is 515 g/mol. The van der Waals surface area contributed by atoms with E-state index in [2.05, 4.69) is 25.2 Å². The molecule has 1 saturated carbocycles. The highest BCUT2D eigenvalue weighted by Crippen LogP contribution is 2.36. The van der Waals surface area contributed by atoms with Crippen molar-refractivity contribution in [3.63, 3.8) is 0 Å². The van der Waals surface area contributed by atoms with E-state index in [1.54, 1.807) is 48.4 Å². The zero-order valence-electron chi connectivity index (χ0n) is 21.1. The van der Waals surface area contributed by atoms with Gasteiger partial charge >= 0.3 is 0 Å². The molecule has 6 rings (SSSR count). The average Bonchev–Trinajstić information content (AvgIpc) is 3.51. The molecule has 0 atom stereocenters. The summed E-state index contributed by atoms with van der Waals surface area (Å²) < 4.78 is 25.4. The number of nitrogens with zero attached hydrogens (tertiary/aromatic N) is 7. The zero-order valence-corrected chi connectivity index (χ0v) is 21.1. The normalized spacial score (nSPS) is 17.6. The first kappa shape index (κ1) is 23.8. The molecule has 0 spiro atoms. The second kappa shape index (κ2) is 9.73. The van der Waals surface area contributed by atoms with Crippen LogP contribution in [-0.2, 0) is 14.1 Å². The quantitative estimate of drug-likeness (QED) is 0.359. The molecule has 0 amide bonds. The molecule has 1 aliphatic rings. The van der Waals surface area contributed by atoms with Crippen molar-refractivity contribution in [3.8, 4) is 17.1 Å². The van der Waals surface area contributed by atoms with E-state index in [9.17, 15) is 9.18 Å². The van der Waals surface area contributed by atoms with Gasteiger partial charge in [0, 0.05) is 55.6 Å². The van der Waals surface area contributed by atoms with Crippen LogP contribution in [0.25, 0.3) is 22.2 Å². The second-order valence-electron chi connectivity index (χ2n) is 9.57. The van der Waals surface area contributed by atoms with Crippen LogP contribution in [0.15, 0.2) is 65.8 Å². The summed E-state index contributed by atoms with van der Waals surface area (Å²) in [4.78, 5) is 16.2. The van der Waals surface area contributed by atoms with Gasteiger partial charge in [-0.3, -0.25) is 14.2 Å². The van der Waals surface area contributed by atoms with Crippen molar-refractivity contribution < 1.29 is 9.13 Å². The standard InChI is InChI=1S/C27H27FN8O2/c1-34-16-17(14-30-34)27-20-15-29-24(31-22-6-4-3-5-21(22)28)13-23(20)36(33-27)18-7-9-19(10-8-18)38-25-11-12-26(37)35(2)32-25/h3-6,11-16,18-19H,7-10H2,1-2H3,(H,29,31)/t18-,19+. The number of rotatable bonds is 6. The number of aromatic nitrogens is 7. The van der Waals surface area contributed by atoms with Gasteiger partial charge in [0.15, 0.2) is 0 Å². The van der Waals surface area contributed by atoms with Crippen LogP contribution in [0.5, 0.6) is 5.88 Å². The number of aryl methyl sites for hydroxylation is 2. The van der Waals surface area contributed by atoms with Crippen LogP contribution >= 0.6 is 0 Å². The first-order valence-electron chi connectivity index (χ1n) is 12.5. The lowest BCUT2D eigenvalue weighted by Gasteiger charge is -2.29. The van der Waals surface area contributed by atoms with Crippen LogP contribution in [0.4, 0.5) is 15.9 Å².